The first-order chi connectivity index (χ1) is 9.63. The summed E-state index contributed by atoms with van der Waals surface area (Å²) >= 11 is 0. The van der Waals surface area contributed by atoms with Crippen molar-refractivity contribution in [2.45, 2.75) is 51.7 Å². The molecule has 0 aliphatic carbocycles. The summed E-state index contributed by atoms with van der Waals surface area (Å²) in [5.74, 6) is 0.939. The Kier molecular flexibility index (Phi) is 4.78. The maximum absolute atomic E-state index is 10.6. The first-order valence-electron chi connectivity index (χ1n) is 7.50. The average Bonchev–Trinajstić information content (AvgIpc) is 2.77. The van der Waals surface area contributed by atoms with Crippen LogP contribution in [0.2, 0.25) is 0 Å². The third kappa shape index (κ3) is 3.02. The molecule has 110 valence electrons. The molecule has 1 unspecified atom stereocenters. The van der Waals surface area contributed by atoms with Gasteiger partial charge in [-0.25, -0.2) is 4.98 Å². The quantitative estimate of drug-likeness (QED) is 0.816. The van der Waals surface area contributed by atoms with Gasteiger partial charge in [0.2, 0.25) is 0 Å². The van der Waals surface area contributed by atoms with E-state index in [-0.39, 0.29) is 6.54 Å². The normalized spacial score (nSPS) is 14.6. The topological polar surface area (TPSA) is 64.1 Å². The minimum atomic E-state index is -0.846. The van der Waals surface area contributed by atoms with Gasteiger partial charge in [-0.1, -0.05) is 32.4 Å². The van der Waals surface area contributed by atoms with Crippen molar-refractivity contribution in [1.29, 1.82) is 0 Å². The minimum absolute atomic E-state index is 0.274. The van der Waals surface area contributed by atoms with Crippen LogP contribution in [0.15, 0.2) is 24.3 Å². The lowest BCUT2D eigenvalue weighted by Gasteiger charge is -2.26. The van der Waals surface area contributed by atoms with E-state index in [4.69, 9.17) is 10.7 Å². The largest absolute Gasteiger partial charge is 0.388 e. The number of aryl methyl sites for hydroxylation is 1. The summed E-state index contributed by atoms with van der Waals surface area (Å²) in [4.78, 5) is 4.69. The Bertz CT molecular complexity index is 564. The second-order valence-corrected chi connectivity index (χ2v) is 5.52. The van der Waals surface area contributed by atoms with Gasteiger partial charge in [0.25, 0.3) is 0 Å². The van der Waals surface area contributed by atoms with Crippen LogP contribution in [0.1, 0.15) is 38.9 Å². The molecule has 0 radical (unpaired) electrons. The number of nitrogens with zero attached hydrogens (tertiary/aromatic N) is 2. The van der Waals surface area contributed by atoms with Crippen molar-refractivity contribution in [3.8, 4) is 0 Å². The molecular formula is C16H25N3O. The van der Waals surface area contributed by atoms with E-state index in [1.54, 1.807) is 0 Å². The molecule has 0 spiro atoms. The van der Waals surface area contributed by atoms with Crippen molar-refractivity contribution in [3.05, 3.63) is 30.1 Å². The lowest BCUT2D eigenvalue weighted by atomic mass is 9.94. The number of hydrogen-bond donors (Lipinski definition) is 2. The number of imidazole rings is 1. The predicted octanol–water partition coefficient (Wildman–Crippen LogP) is 2.48. The lowest BCUT2D eigenvalue weighted by Crippen LogP contribution is -2.40. The lowest BCUT2D eigenvalue weighted by molar-refractivity contribution is 0.0372. The number of para-hydroxylation sites is 2. The maximum atomic E-state index is 10.6. The van der Waals surface area contributed by atoms with Gasteiger partial charge < -0.3 is 15.4 Å². The van der Waals surface area contributed by atoms with Crippen LogP contribution >= 0.6 is 0 Å². The highest BCUT2D eigenvalue weighted by Gasteiger charge is 2.27. The summed E-state index contributed by atoms with van der Waals surface area (Å²) in [6, 6.07) is 8.13. The van der Waals surface area contributed by atoms with Gasteiger partial charge in [0.05, 0.1) is 16.6 Å². The van der Waals surface area contributed by atoms with Crippen LogP contribution in [-0.2, 0) is 13.0 Å². The van der Waals surface area contributed by atoms with Crippen molar-refractivity contribution in [2.24, 2.45) is 5.73 Å². The smallest absolute Gasteiger partial charge is 0.112 e. The van der Waals surface area contributed by atoms with Crippen molar-refractivity contribution in [2.75, 3.05) is 6.54 Å². The van der Waals surface area contributed by atoms with E-state index in [9.17, 15) is 5.11 Å². The molecule has 0 aliphatic heterocycles. The molecule has 1 aromatic carbocycles. The molecule has 0 aliphatic rings. The van der Waals surface area contributed by atoms with Gasteiger partial charge in [-0.05, 0) is 25.0 Å². The van der Waals surface area contributed by atoms with Gasteiger partial charge in [0.1, 0.15) is 5.82 Å². The SMILES string of the molecule is CCCn1c(CC(O)(CN)CCC)nc2ccccc21. The highest BCUT2D eigenvalue weighted by atomic mass is 16.3. The Morgan fingerprint density at radius 3 is 2.65 bits per heavy atom. The summed E-state index contributed by atoms with van der Waals surface area (Å²) in [6.45, 7) is 5.41. The first kappa shape index (κ1) is 15.0. The van der Waals surface area contributed by atoms with Crippen molar-refractivity contribution >= 4 is 11.0 Å². The van der Waals surface area contributed by atoms with Gasteiger partial charge in [0, 0.05) is 19.5 Å². The highest BCUT2D eigenvalue weighted by molar-refractivity contribution is 5.75. The first-order valence-corrected chi connectivity index (χ1v) is 7.50. The molecular weight excluding hydrogens is 250 g/mol. The molecule has 3 N–H and O–H groups in total. The van der Waals surface area contributed by atoms with Gasteiger partial charge in [-0.3, -0.25) is 0 Å². The van der Waals surface area contributed by atoms with Gasteiger partial charge >= 0.3 is 0 Å². The van der Waals surface area contributed by atoms with Crippen LogP contribution in [-0.4, -0.2) is 26.8 Å². The summed E-state index contributed by atoms with van der Waals surface area (Å²) in [5, 5.41) is 10.6. The maximum Gasteiger partial charge on any atom is 0.112 e. The zero-order chi connectivity index (χ0) is 14.6. The Morgan fingerprint density at radius 1 is 1.25 bits per heavy atom. The second kappa shape index (κ2) is 6.37. The van der Waals surface area contributed by atoms with E-state index in [1.165, 1.54) is 0 Å². The number of benzene rings is 1. The van der Waals surface area contributed by atoms with Gasteiger partial charge in [0.15, 0.2) is 0 Å². The van der Waals surface area contributed by atoms with Crippen molar-refractivity contribution in [1.82, 2.24) is 9.55 Å². The summed E-state index contributed by atoms with van der Waals surface area (Å²) in [7, 11) is 0. The summed E-state index contributed by atoms with van der Waals surface area (Å²) in [5.41, 5.74) is 7.06. The number of hydrogen-bond acceptors (Lipinski definition) is 3. The Labute approximate surface area is 120 Å². The van der Waals surface area contributed by atoms with E-state index in [0.29, 0.717) is 12.8 Å². The van der Waals surface area contributed by atoms with Crippen LogP contribution in [0.25, 0.3) is 11.0 Å². The van der Waals surface area contributed by atoms with Crippen molar-refractivity contribution in [3.63, 3.8) is 0 Å². The molecule has 1 atom stereocenters. The molecule has 0 saturated carbocycles. The number of fused-ring (bicyclic) bond motifs is 1. The number of nitrogens with two attached hydrogens (primary N) is 1. The number of rotatable bonds is 7. The third-order valence-electron chi connectivity index (χ3n) is 3.76. The molecule has 20 heavy (non-hydrogen) atoms. The van der Waals surface area contributed by atoms with Gasteiger partial charge in [-0.2, -0.15) is 0 Å². The fourth-order valence-electron chi connectivity index (χ4n) is 2.76. The zero-order valence-corrected chi connectivity index (χ0v) is 12.5. The van der Waals surface area contributed by atoms with Crippen molar-refractivity contribution < 1.29 is 5.11 Å². The van der Waals surface area contributed by atoms with Crippen LogP contribution in [0.5, 0.6) is 0 Å². The molecule has 1 aromatic heterocycles. The van der Waals surface area contributed by atoms with E-state index in [2.05, 4.69) is 24.5 Å². The standard InChI is InChI=1S/C16H25N3O/c1-3-9-16(20,12-17)11-15-18-13-7-5-6-8-14(13)19(15)10-4-2/h5-8,20H,3-4,9-12,17H2,1-2H3. The molecule has 1 heterocycles. The molecule has 0 amide bonds. The zero-order valence-electron chi connectivity index (χ0n) is 12.5. The average molecular weight is 275 g/mol. The van der Waals surface area contributed by atoms with E-state index in [1.807, 2.05) is 18.2 Å². The molecule has 0 saturated heterocycles. The molecule has 0 bridgehead atoms. The fraction of sp³-hybridized carbons (Fsp3) is 0.562. The van der Waals surface area contributed by atoms with Crippen LogP contribution < -0.4 is 5.73 Å². The number of aliphatic hydroxyl groups is 1. The van der Waals surface area contributed by atoms with Crippen LogP contribution in [0, 0.1) is 0 Å². The van der Waals surface area contributed by atoms with E-state index >= 15 is 0 Å². The Morgan fingerprint density at radius 2 is 2.00 bits per heavy atom. The molecule has 4 nitrogen and oxygen atoms in total. The van der Waals surface area contributed by atoms with Gasteiger partial charge in [-0.15, -0.1) is 0 Å². The Hall–Kier alpha value is -1.39. The fourth-order valence-corrected chi connectivity index (χ4v) is 2.76. The second-order valence-electron chi connectivity index (χ2n) is 5.52. The predicted molar refractivity (Wildman–Crippen MR) is 82.6 cm³/mol. The third-order valence-corrected chi connectivity index (χ3v) is 3.76. The molecule has 2 rings (SSSR count). The molecule has 0 fully saturated rings. The van der Waals surface area contributed by atoms with Crippen LogP contribution in [0.3, 0.4) is 0 Å². The minimum Gasteiger partial charge on any atom is -0.388 e. The van der Waals surface area contributed by atoms with E-state index in [0.717, 1.165) is 36.2 Å². The summed E-state index contributed by atoms with van der Waals surface area (Å²) < 4.78 is 2.21. The van der Waals surface area contributed by atoms with E-state index < -0.39 is 5.60 Å². The molecule has 4 heteroatoms. The number of aromatic nitrogens is 2. The Balaban J connectivity index is 2.39. The van der Waals surface area contributed by atoms with Crippen LogP contribution in [0.4, 0.5) is 0 Å². The monoisotopic (exact) mass is 275 g/mol. The highest BCUT2D eigenvalue weighted by Crippen LogP contribution is 2.22. The molecule has 2 aromatic rings. The summed E-state index contributed by atoms with van der Waals surface area (Å²) in [6.07, 6.45) is 3.19.